The molecule has 0 saturated carbocycles. The Morgan fingerprint density at radius 3 is 2.73 bits per heavy atom. The molecule has 2 aromatic heterocycles. The van der Waals surface area contributed by atoms with E-state index in [0.717, 1.165) is 24.3 Å². The molecule has 0 bridgehead atoms. The monoisotopic (exact) mass is 302 g/mol. The summed E-state index contributed by atoms with van der Waals surface area (Å²) in [7, 11) is 2.14. The molecule has 2 aromatic rings. The topological polar surface area (TPSA) is 54.0 Å². The van der Waals surface area contributed by atoms with Gasteiger partial charge in [0.15, 0.2) is 0 Å². The van der Waals surface area contributed by atoms with Crippen LogP contribution in [0.15, 0.2) is 24.5 Å². The van der Waals surface area contributed by atoms with Crippen LogP contribution in [0.5, 0.6) is 5.88 Å². The van der Waals surface area contributed by atoms with E-state index >= 15 is 0 Å². The van der Waals surface area contributed by atoms with Crippen molar-refractivity contribution < 1.29 is 4.74 Å². The lowest BCUT2D eigenvalue weighted by molar-refractivity contribution is 0.232. The third-order valence-electron chi connectivity index (χ3n) is 3.43. The van der Waals surface area contributed by atoms with E-state index in [1.807, 2.05) is 38.4 Å². The van der Waals surface area contributed by atoms with Gasteiger partial charge in [0, 0.05) is 29.9 Å². The summed E-state index contributed by atoms with van der Waals surface area (Å²) in [6, 6.07) is 3.93. The minimum Gasteiger partial charge on any atom is -0.475 e. The predicted octanol–water partition coefficient (Wildman–Crippen LogP) is 3.49. The first-order valence-corrected chi connectivity index (χ1v) is 7.94. The van der Waals surface area contributed by atoms with Gasteiger partial charge in [-0.15, -0.1) is 0 Å². The molecular weight excluding hydrogens is 276 g/mol. The number of hydrogen-bond donors (Lipinski definition) is 1. The van der Waals surface area contributed by atoms with Crippen molar-refractivity contribution >= 4 is 0 Å². The van der Waals surface area contributed by atoms with Gasteiger partial charge in [0.1, 0.15) is 0 Å². The van der Waals surface area contributed by atoms with E-state index in [-0.39, 0.29) is 6.10 Å². The summed E-state index contributed by atoms with van der Waals surface area (Å²) < 4.78 is 5.58. The summed E-state index contributed by atoms with van der Waals surface area (Å²) in [4.78, 5) is 6.68. The number of hydrogen-bond acceptors (Lipinski definition) is 4. The van der Waals surface area contributed by atoms with Crippen molar-refractivity contribution in [2.45, 2.75) is 46.3 Å². The molecule has 0 saturated heterocycles. The standard InChI is InChI=1S/C17H26N4O/c1-5-6-9-21(4)12-15-11-19-20-17(15)14-7-8-16(18-10-14)22-13(2)3/h7-8,10-11,13H,5-6,9,12H2,1-4H3,(H,19,20). The molecule has 0 aliphatic heterocycles. The molecule has 0 aliphatic carbocycles. The lowest BCUT2D eigenvalue weighted by atomic mass is 10.1. The van der Waals surface area contributed by atoms with Crippen LogP contribution in [-0.2, 0) is 6.54 Å². The highest BCUT2D eigenvalue weighted by Gasteiger charge is 2.11. The smallest absolute Gasteiger partial charge is 0.213 e. The van der Waals surface area contributed by atoms with Crippen molar-refractivity contribution in [1.82, 2.24) is 20.1 Å². The summed E-state index contributed by atoms with van der Waals surface area (Å²) in [5, 5.41) is 7.28. The average Bonchev–Trinajstić information content (AvgIpc) is 2.93. The molecule has 0 spiro atoms. The second-order valence-electron chi connectivity index (χ2n) is 5.91. The van der Waals surface area contributed by atoms with Crippen LogP contribution in [0.2, 0.25) is 0 Å². The first kappa shape index (κ1) is 16.5. The molecule has 120 valence electrons. The number of rotatable bonds is 8. The van der Waals surface area contributed by atoms with Crippen LogP contribution < -0.4 is 4.74 Å². The van der Waals surface area contributed by atoms with Crippen molar-refractivity contribution in [1.29, 1.82) is 0 Å². The SMILES string of the molecule is CCCCN(C)Cc1cn[nH]c1-c1ccc(OC(C)C)nc1. The zero-order valence-corrected chi connectivity index (χ0v) is 14.0. The highest BCUT2D eigenvalue weighted by Crippen LogP contribution is 2.23. The minimum atomic E-state index is 0.133. The fraction of sp³-hybridized carbons (Fsp3) is 0.529. The van der Waals surface area contributed by atoms with Gasteiger partial charge in [-0.2, -0.15) is 5.10 Å². The maximum atomic E-state index is 5.58. The molecule has 0 aliphatic rings. The summed E-state index contributed by atoms with van der Waals surface area (Å²) in [5.41, 5.74) is 3.26. The van der Waals surface area contributed by atoms with E-state index in [2.05, 4.69) is 34.1 Å². The van der Waals surface area contributed by atoms with Gasteiger partial charge in [-0.25, -0.2) is 4.98 Å². The van der Waals surface area contributed by atoms with Gasteiger partial charge in [0.25, 0.3) is 0 Å². The van der Waals surface area contributed by atoms with Crippen molar-refractivity contribution in [3.63, 3.8) is 0 Å². The largest absolute Gasteiger partial charge is 0.475 e. The van der Waals surface area contributed by atoms with Gasteiger partial charge >= 0.3 is 0 Å². The Balaban J connectivity index is 2.08. The van der Waals surface area contributed by atoms with Gasteiger partial charge in [0.05, 0.1) is 18.0 Å². The maximum absolute atomic E-state index is 5.58. The number of ether oxygens (including phenoxy) is 1. The lowest BCUT2D eigenvalue weighted by Crippen LogP contribution is -2.19. The van der Waals surface area contributed by atoms with Crippen LogP contribution in [-0.4, -0.2) is 39.8 Å². The van der Waals surface area contributed by atoms with Crippen LogP contribution >= 0.6 is 0 Å². The van der Waals surface area contributed by atoms with E-state index in [4.69, 9.17) is 4.74 Å². The molecule has 0 unspecified atom stereocenters. The molecule has 0 aromatic carbocycles. The first-order chi connectivity index (χ1) is 10.6. The third kappa shape index (κ3) is 4.56. The zero-order chi connectivity index (χ0) is 15.9. The average molecular weight is 302 g/mol. The number of aromatic nitrogens is 3. The molecule has 2 heterocycles. The van der Waals surface area contributed by atoms with Gasteiger partial charge < -0.3 is 9.64 Å². The van der Waals surface area contributed by atoms with Crippen molar-refractivity contribution in [2.24, 2.45) is 0 Å². The summed E-state index contributed by atoms with van der Waals surface area (Å²) in [6.45, 7) is 8.18. The number of unbranched alkanes of at least 4 members (excludes halogenated alkanes) is 1. The molecule has 0 fully saturated rings. The molecule has 1 N–H and O–H groups in total. The van der Waals surface area contributed by atoms with Crippen molar-refractivity contribution in [3.8, 4) is 17.1 Å². The first-order valence-electron chi connectivity index (χ1n) is 7.94. The Bertz CT molecular complexity index is 562. The summed E-state index contributed by atoms with van der Waals surface area (Å²) in [5.74, 6) is 0.653. The Morgan fingerprint density at radius 1 is 1.27 bits per heavy atom. The molecule has 0 atom stereocenters. The fourth-order valence-corrected chi connectivity index (χ4v) is 2.32. The third-order valence-corrected chi connectivity index (χ3v) is 3.43. The van der Waals surface area contributed by atoms with Gasteiger partial charge in [-0.05, 0) is 39.9 Å². The second-order valence-corrected chi connectivity index (χ2v) is 5.91. The minimum absolute atomic E-state index is 0.133. The van der Waals surface area contributed by atoms with Crippen LogP contribution in [0.4, 0.5) is 0 Å². The van der Waals surface area contributed by atoms with Crippen molar-refractivity contribution in [2.75, 3.05) is 13.6 Å². The Kier molecular flexibility index (Phi) is 5.95. The van der Waals surface area contributed by atoms with Crippen LogP contribution in [0.3, 0.4) is 0 Å². The predicted molar refractivity (Wildman–Crippen MR) is 88.8 cm³/mol. The van der Waals surface area contributed by atoms with Crippen LogP contribution in [0, 0.1) is 0 Å². The van der Waals surface area contributed by atoms with Crippen LogP contribution in [0.25, 0.3) is 11.3 Å². The maximum Gasteiger partial charge on any atom is 0.213 e. The van der Waals surface area contributed by atoms with Crippen molar-refractivity contribution in [3.05, 3.63) is 30.1 Å². The molecule has 5 nitrogen and oxygen atoms in total. The molecule has 5 heteroatoms. The molecule has 22 heavy (non-hydrogen) atoms. The van der Waals surface area contributed by atoms with E-state index in [9.17, 15) is 0 Å². The Hall–Kier alpha value is -1.88. The van der Waals surface area contributed by atoms with E-state index < -0.39 is 0 Å². The zero-order valence-electron chi connectivity index (χ0n) is 14.0. The normalized spacial score (nSPS) is 11.4. The lowest BCUT2D eigenvalue weighted by Gasteiger charge is -2.16. The van der Waals surface area contributed by atoms with E-state index in [1.54, 1.807) is 0 Å². The van der Waals surface area contributed by atoms with Gasteiger partial charge in [0.2, 0.25) is 5.88 Å². The molecule has 2 rings (SSSR count). The van der Waals surface area contributed by atoms with E-state index in [1.165, 1.54) is 18.4 Å². The molecule has 0 amide bonds. The van der Waals surface area contributed by atoms with Gasteiger partial charge in [-0.3, -0.25) is 5.10 Å². The quantitative estimate of drug-likeness (QED) is 0.811. The number of nitrogens with one attached hydrogen (secondary N) is 1. The summed E-state index contributed by atoms with van der Waals surface area (Å²) >= 11 is 0. The highest BCUT2D eigenvalue weighted by molar-refractivity contribution is 5.61. The Labute approximate surface area is 132 Å². The number of H-pyrrole nitrogens is 1. The van der Waals surface area contributed by atoms with E-state index in [0.29, 0.717) is 5.88 Å². The second kappa shape index (κ2) is 7.94. The molecular formula is C17H26N4O. The summed E-state index contributed by atoms with van der Waals surface area (Å²) in [6.07, 6.45) is 6.29. The number of pyridine rings is 1. The van der Waals surface area contributed by atoms with Crippen LogP contribution in [0.1, 0.15) is 39.2 Å². The molecule has 0 radical (unpaired) electrons. The number of nitrogens with zero attached hydrogens (tertiary/aromatic N) is 3. The highest BCUT2D eigenvalue weighted by atomic mass is 16.5. The van der Waals surface area contributed by atoms with Gasteiger partial charge in [-0.1, -0.05) is 13.3 Å². The fourth-order valence-electron chi connectivity index (χ4n) is 2.32. The Morgan fingerprint density at radius 2 is 2.09 bits per heavy atom. The number of aromatic amines is 1.